The molecule has 0 spiro atoms. The Labute approximate surface area is 183 Å². The number of pyridine rings is 1. The number of anilines is 1. The van der Waals surface area contributed by atoms with Crippen LogP contribution in [0.3, 0.4) is 0 Å². The first-order chi connectivity index (χ1) is 14.9. The fraction of sp³-hybridized carbons (Fsp3) is 0.636. The van der Waals surface area contributed by atoms with Gasteiger partial charge in [-0.15, -0.1) is 10.2 Å². The molecule has 0 radical (unpaired) electrons. The zero-order valence-electron chi connectivity index (χ0n) is 18.6. The molecule has 9 heteroatoms. The Morgan fingerprint density at radius 3 is 2.87 bits per heavy atom. The van der Waals surface area contributed by atoms with Gasteiger partial charge in [0.05, 0.1) is 18.7 Å². The van der Waals surface area contributed by atoms with Gasteiger partial charge in [-0.25, -0.2) is 4.79 Å². The third-order valence-corrected chi connectivity index (χ3v) is 5.50. The summed E-state index contributed by atoms with van der Waals surface area (Å²) >= 11 is 0. The Morgan fingerprint density at radius 2 is 2.16 bits per heavy atom. The van der Waals surface area contributed by atoms with Crippen molar-refractivity contribution in [1.82, 2.24) is 25.1 Å². The topological polar surface area (TPSA) is 94.4 Å². The third kappa shape index (κ3) is 5.52. The number of alkyl carbamates (subject to hydrolysis) is 1. The molecular formula is C22H32N6O3. The molecule has 9 nitrogen and oxygen atoms in total. The van der Waals surface area contributed by atoms with E-state index in [1.807, 2.05) is 39.1 Å². The number of rotatable bonds is 5. The second-order valence-electron chi connectivity index (χ2n) is 9.24. The smallest absolute Gasteiger partial charge is 0.407 e. The third-order valence-electron chi connectivity index (χ3n) is 5.50. The van der Waals surface area contributed by atoms with E-state index in [1.54, 1.807) is 6.20 Å². The molecule has 1 amide bonds. The van der Waals surface area contributed by atoms with Crippen LogP contribution in [-0.4, -0.2) is 63.3 Å². The van der Waals surface area contributed by atoms with Crippen molar-refractivity contribution < 1.29 is 14.3 Å². The fourth-order valence-corrected chi connectivity index (χ4v) is 4.09. The largest absolute Gasteiger partial charge is 0.444 e. The highest BCUT2D eigenvalue weighted by Gasteiger charge is 2.30. The number of ether oxygens (including phenoxy) is 2. The van der Waals surface area contributed by atoms with Crippen LogP contribution in [0.25, 0.3) is 11.4 Å². The molecule has 2 aliphatic rings. The Bertz CT molecular complexity index is 873. The first-order valence-electron chi connectivity index (χ1n) is 11.1. The van der Waals surface area contributed by atoms with Crippen LogP contribution in [0.15, 0.2) is 24.5 Å². The Kier molecular flexibility index (Phi) is 6.41. The molecule has 2 aromatic rings. The van der Waals surface area contributed by atoms with Crippen molar-refractivity contribution in [2.45, 2.75) is 70.7 Å². The summed E-state index contributed by atoms with van der Waals surface area (Å²) in [5, 5.41) is 12.0. The summed E-state index contributed by atoms with van der Waals surface area (Å²) < 4.78 is 13.5. The summed E-state index contributed by atoms with van der Waals surface area (Å²) in [5.41, 5.74) is 0.418. The molecule has 1 N–H and O–H groups in total. The summed E-state index contributed by atoms with van der Waals surface area (Å²) in [5.74, 6) is 1.60. The van der Waals surface area contributed by atoms with Crippen LogP contribution in [0.2, 0.25) is 0 Å². The maximum absolute atomic E-state index is 12.2. The zero-order chi connectivity index (χ0) is 21.8. The van der Waals surface area contributed by atoms with Gasteiger partial charge in [-0.1, -0.05) is 0 Å². The molecule has 2 saturated heterocycles. The summed E-state index contributed by atoms with van der Waals surface area (Å²) in [6.45, 7) is 8.55. The lowest BCUT2D eigenvalue weighted by molar-refractivity contribution is 0.00639. The Hall–Kier alpha value is -2.68. The minimum Gasteiger partial charge on any atom is -0.444 e. The number of carbonyl (C=O) groups is 1. The first-order valence-corrected chi connectivity index (χ1v) is 11.1. The quantitative estimate of drug-likeness (QED) is 0.782. The number of aromatic nitrogens is 4. The van der Waals surface area contributed by atoms with Crippen molar-refractivity contribution in [1.29, 1.82) is 0 Å². The predicted molar refractivity (Wildman–Crippen MR) is 117 cm³/mol. The Morgan fingerprint density at radius 1 is 1.29 bits per heavy atom. The highest BCUT2D eigenvalue weighted by atomic mass is 16.6. The van der Waals surface area contributed by atoms with Crippen LogP contribution >= 0.6 is 0 Å². The molecule has 2 aliphatic heterocycles. The summed E-state index contributed by atoms with van der Waals surface area (Å²) in [6.07, 6.45) is 7.48. The van der Waals surface area contributed by atoms with Gasteiger partial charge in [-0.3, -0.25) is 9.55 Å². The van der Waals surface area contributed by atoms with Crippen LogP contribution in [0, 0.1) is 0 Å². The molecule has 2 fully saturated rings. The van der Waals surface area contributed by atoms with Gasteiger partial charge in [0.15, 0.2) is 5.82 Å². The van der Waals surface area contributed by atoms with Crippen molar-refractivity contribution in [3.05, 3.63) is 24.5 Å². The number of hydrogen-bond donors (Lipinski definition) is 1. The lowest BCUT2D eigenvalue weighted by atomic mass is 10.1. The molecule has 31 heavy (non-hydrogen) atoms. The molecular weight excluding hydrogens is 396 g/mol. The van der Waals surface area contributed by atoms with E-state index in [2.05, 4.69) is 30.0 Å². The van der Waals surface area contributed by atoms with E-state index in [1.165, 1.54) is 6.42 Å². The van der Waals surface area contributed by atoms with Crippen LogP contribution in [-0.2, 0) is 16.0 Å². The first kappa shape index (κ1) is 21.5. The summed E-state index contributed by atoms with van der Waals surface area (Å²) in [6, 6.07) is 3.91. The van der Waals surface area contributed by atoms with Crippen molar-refractivity contribution >= 4 is 12.0 Å². The van der Waals surface area contributed by atoms with Crippen molar-refractivity contribution in [2.75, 3.05) is 24.6 Å². The van der Waals surface area contributed by atoms with Crippen LogP contribution < -0.4 is 10.2 Å². The van der Waals surface area contributed by atoms with E-state index in [0.717, 1.165) is 49.8 Å². The lowest BCUT2D eigenvalue weighted by Gasteiger charge is -2.26. The highest BCUT2D eigenvalue weighted by Crippen LogP contribution is 2.27. The zero-order valence-corrected chi connectivity index (χ0v) is 18.6. The van der Waals surface area contributed by atoms with E-state index in [-0.39, 0.29) is 18.2 Å². The van der Waals surface area contributed by atoms with Gasteiger partial charge >= 0.3 is 6.09 Å². The molecule has 4 heterocycles. The average molecular weight is 429 g/mol. The van der Waals surface area contributed by atoms with Gasteiger partial charge in [-0.05, 0) is 58.6 Å². The maximum atomic E-state index is 12.2. The van der Waals surface area contributed by atoms with Gasteiger partial charge in [-0.2, -0.15) is 0 Å². The van der Waals surface area contributed by atoms with E-state index in [9.17, 15) is 4.79 Å². The van der Waals surface area contributed by atoms with E-state index in [4.69, 9.17) is 9.47 Å². The number of carbonyl (C=O) groups excluding carboxylic acids is 1. The highest BCUT2D eigenvalue weighted by molar-refractivity contribution is 5.68. The molecule has 0 aliphatic carbocycles. The normalized spacial score (nSPS) is 21.8. The number of nitrogens with zero attached hydrogens (tertiary/aromatic N) is 5. The van der Waals surface area contributed by atoms with Crippen molar-refractivity contribution in [3.8, 4) is 11.4 Å². The second-order valence-corrected chi connectivity index (χ2v) is 9.24. The minimum atomic E-state index is -0.513. The molecule has 168 valence electrons. The maximum Gasteiger partial charge on any atom is 0.407 e. The summed E-state index contributed by atoms with van der Waals surface area (Å²) in [4.78, 5) is 18.6. The van der Waals surface area contributed by atoms with Gasteiger partial charge in [0.1, 0.15) is 5.60 Å². The van der Waals surface area contributed by atoms with Gasteiger partial charge < -0.3 is 19.7 Å². The second kappa shape index (κ2) is 9.21. The van der Waals surface area contributed by atoms with E-state index in [0.29, 0.717) is 13.1 Å². The number of amides is 1. The average Bonchev–Trinajstić information content (AvgIpc) is 3.35. The van der Waals surface area contributed by atoms with Crippen molar-refractivity contribution in [3.63, 3.8) is 0 Å². The molecule has 2 aromatic heterocycles. The fourth-order valence-electron chi connectivity index (χ4n) is 4.09. The SMILES string of the molecule is CC(C)(C)OC(=O)N[C@H]1CCN(c2nnc(-c3cccnc3)n2C[C@H]2CCCCO2)C1. The number of hydrogen-bond acceptors (Lipinski definition) is 7. The molecule has 0 saturated carbocycles. The van der Waals surface area contributed by atoms with Gasteiger partial charge in [0, 0.05) is 37.7 Å². The van der Waals surface area contributed by atoms with Crippen LogP contribution in [0.5, 0.6) is 0 Å². The molecule has 0 unspecified atom stereocenters. The standard InChI is InChI=1S/C22H32N6O3/c1-22(2,3)31-21(29)24-17-9-11-27(14-17)20-26-25-19(16-7-6-10-23-13-16)28(20)15-18-8-4-5-12-30-18/h6-7,10,13,17-18H,4-5,8-9,11-12,14-15H2,1-3H3,(H,24,29)/t17-,18+/m0/s1. The molecule has 4 rings (SSSR count). The van der Waals surface area contributed by atoms with Gasteiger partial charge in [0.25, 0.3) is 0 Å². The lowest BCUT2D eigenvalue weighted by Crippen LogP contribution is -2.40. The summed E-state index contributed by atoms with van der Waals surface area (Å²) in [7, 11) is 0. The van der Waals surface area contributed by atoms with Crippen LogP contribution in [0.4, 0.5) is 10.7 Å². The molecule has 0 aromatic carbocycles. The van der Waals surface area contributed by atoms with Gasteiger partial charge in [0.2, 0.25) is 5.95 Å². The van der Waals surface area contributed by atoms with E-state index >= 15 is 0 Å². The van der Waals surface area contributed by atoms with Crippen molar-refractivity contribution in [2.24, 2.45) is 0 Å². The number of nitrogens with one attached hydrogen (secondary N) is 1. The van der Waals surface area contributed by atoms with Crippen LogP contribution in [0.1, 0.15) is 46.5 Å². The molecule has 0 bridgehead atoms. The Balaban J connectivity index is 1.51. The predicted octanol–water partition coefficient (Wildman–Crippen LogP) is 3.01. The molecule has 2 atom stereocenters. The van der Waals surface area contributed by atoms with E-state index < -0.39 is 5.60 Å². The monoisotopic (exact) mass is 428 g/mol. The minimum absolute atomic E-state index is 0.00720.